The highest BCUT2D eigenvalue weighted by molar-refractivity contribution is 5.21. The molecule has 2 atom stereocenters. The normalized spacial score (nSPS) is 25.7. The van der Waals surface area contributed by atoms with Crippen molar-refractivity contribution in [3.05, 3.63) is 42.0 Å². The highest BCUT2D eigenvalue weighted by atomic mass is 16.5. The predicted molar refractivity (Wildman–Crippen MR) is 78.6 cm³/mol. The molecule has 2 aromatic rings. The maximum Gasteiger partial charge on any atom is 0.264 e. The van der Waals surface area contributed by atoms with Crippen molar-refractivity contribution >= 4 is 0 Å². The van der Waals surface area contributed by atoms with Crippen molar-refractivity contribution in [1.82, 2.24) is 10.1 Å². The van der Waals surface area contributed by atoms with Gasteiger partial charge in [0.2, 0.25) is 0 Å². The molecule has 0 aliphatic heterocycles. The van der Waals surface area contributed by atoms with Gasteiger partial charge in [0, 0.05) is 0 Å². The van der Waals surface area contributed by atoms with E-state index in [0.29, 0.717) is 17.6 Å². The van der Waals surface area contributed by atoms with Gasteiger partial charge < -0.3 is 15.0 Å². The maximum absolute atomic E-state index is 6.47. The van der Waals surface area contributed by atoms with Crippen LogP contribution in [0.15, 0.2) is 34.9 Å². The molecule has 0 radical (unpaired) electrons. The van der Waals surface area contributed by atoms with Crippen LogP contribution < -0.4 is 10.5 Å². The number of ether oxygens (including phenoxy) is 1. The second-order valence-corrected chi connectivity index (χ2v) is 5.97. The van der Waals surface area contributed by atoms with Gasteiger partial charge in [0.25, 0.3) is 5.89 Å². The van der Waals surface area contributed by atoms with E-state index in [2.05, 4.69) is 17.1 Å². The summed E-state index contributed by atoms with van der Waals surface area (Å²) in [7, 11) is 0. The molecule has 0 bridgehead atoms. The molecule has 5 heteroatoms. The first-order valence-corrected chi connectivity index (χ1v) is 7.45. The van der Waals surface area contributed by atoms with E-state index < -0.39 is 5.54 Å². The van der Waals surface area contributed by atoms with E-state index in [1.54, 1.807) is 0 Å². The standard InChI is InChI=1S/C16H21N3O2/c1-12-6-5-9-16(17,10-12)15-18-14(21-19-15)11-20-13-7-3-2-4-8-13/h2-4,7-8,12H,5-6,9-11,17H2,1H3. The topological polar surface area (TPSA) is 74.2 Å². The van der Waals surface area contributed by atoms with Gasteiger partial charge in [-0.2, -0.15) is 4.98 Å². The van der Waals surface area contributed by atoms with Crippen LogP contribution >= 0.6 is 0 Å². The molecule has 5 nitrogen and oxygen atoms in total. The zero-order valence-corrected chi connectivity index (χ0v) is 12.3. The first-order chi connectivity index (χ1) is 10.2. The van der Waals surface area contributed by atoms with Crippen molar-refractivity contribution in [1.29, 1.82) is 0 Å². The third-order valence-electron chi connectivity index (χ3n) is 4.05. The lowest BCUT2D eigenvalue weighted by molar-refractivity contribution is 0.218. The van der Waals surface area contributed by atoms with E-state index in [4.69, 9.17) is 15.0 Å². The zero-order chi connectivity index (χ0) is 14.7. The Morgan fingerprint density at radius 2 is 2.19 bits per heavy atom. The van der Waals surface area contributed by atoms with Crippen LogP contribution in [0.25, 0.3) is 0 Å². The lowest BCUT2D eigenvalue weighted by atomic mass is 9.76. The number of nitrogens with zero attached hydrogens (tertiary/aromatic N) is 2. The van der Waals surface area contributed by atoms with Crippen LogP contribution in [0.4, 0.5) is 0 Å². The highest BCUT2D eigenvalue weighted by Crippen LogP contribution is 2.36. The van der Waals surface area contributed by atoms with Crippen LogP contribution in [-0.4, -0.2) is 10.1 Å². The Morgan fingerprint density at radius 3 is 2.95 bits per heavy atom. The molecule has 0 spiro atoms. The van der Waals surface area contributed by atoms with Crippen LogP contribution in [0, 0.1) is 5.92 Å². The molecule has 2 N–H and O–H groups in total. The summed E-state index contributed by atoms with van der Waals surface area (Å²) >= 11 is 0. The maximum atomic E-state index is 6.47. The Hall–Kier alpha value is -1.88. The van der Waals surface area contributed by atoms with E-state index in [-0.39, 0.29) is 6.61 Å². The Labute approximate surface area is 124 Å². The van der Waals surface area contributed by atoms with E-state index in [1.807, 2.05) is 30.3 Å². The summed E-state index contributed by atoms with van der Waals surface area (Å²) < 4.78 is 10.9. The second kappa shape index (κ2) is 5.85. The first kappa shape index (κ1) is 14.1. The quantitative estimate of drug-likeness (QED) is 0.935. The fraction of sp³-hybridized carbons (Fsp3) is 0.500. The monoisotopic (exact) mass is 287 g/mol. The Balaban J connectivity index is 1.66. The van der Waals surface area contributed by atoms with Gasteiger partial charge in [-0.25, -0.2) is 0 Å². The van der Waals surface area contributed by atoms with Gasteiger partial charge >= 0.3 is 0 Å². The zero-order valence-electron chi connectivity index (χ0n) is 12.3. The average Bonchev–Trinajstić information content (AvgIpc) is 2.96. The molecular weight excluding hydrogens is 266 g/mol. The van der Waals surface area contributed by atoms with E-state index in [1.165, 1.54) is 6.42 Å². The van der Waals surface area contributed by atoms with Crippen molar-refractivity contribution in [2.45, 2.75) is 44.8 Å². The first-order valence-electron chi connectivity index (χ1n) is 7.45. The fourth-order valence-electron chi connectivity index (χ4n) is 2.97. The van der Waals surface area contributed by atoms with Gasteiger partial charge in [-0.05, 0) is 30.9 Å². The molecule has 21 heavy (non-hydrogen) atoms. The molecule has 3 rings (SSSR count). The number of aromatic nitrogens is 2. The Kier molecular flexibility index (Phi) is 3.92. The third-order valence-corrected chi connectivity index (χ3v) is 4.05. The molecule has 0 saturated heterocycles. The van der Waals surface area contributed by atoms with Crippen molar-refractivity contribution in [2.24, 2.45) is 11.7 Å². The van der Waals surface area contributed by atoms with Crippen LogP contribution in [-0.2, 0) is 12.1 Å². The molecule has 1 aromatic carbocycles. The Bertz CT molecular complexity index is 584. The summed E-state index contributed by atoms with van der Waals surface area (Å²) in [4.78, 5) is 4.43. The smallest absolute Gasteiger partial charge is 0.264 e. The molecule has 2 unspecified atom stereocenters. The van der Waals surface area contributed by atoms with Gasteiger partial charge in [0.15, 0.2) is 12.4 Å². The minimum atomic E-state index is -0.452. The summed E-state index contributed by atoms with van der Waals surface area (Å²) in [5, 5.41) is 4.07. The highest BCUT2D eigenvalue weighted by Gasteiger charge is 2.36. The molecule has 1 aliphatic rings. The number of hydrogen-bond donors (Lipinski definition) is 1. The van der Waals surface area contributed by atoms with Gasteiger partial charge in [0.1, 0.15) is 5.75 Å². The summed E-state index contributed by atoms with van der Waals surface area (Å²) in [5.74, 6) is 2.47. The summed E-state index contributed by atoms with van der Waals surface area (Å²) in [6.45, 7) is 2.49. The van der Waals surface area contributed by atoms with Crippen molar-refractivity contribution < 1.29 is 9.26 Å². The summed E-state index contributed by atoms with van der Waals surface area (Å²) in [6.07, 6.45) is 4.16. The number of nitrogens with two attached hydrogens (primary N) is 1. The van der Waals surface area contributed by atoms with E-state index in [0.717, 1.165) is 25.0 Å². The fourth-order valence-corrected chi connectivity index (χ4v) is 2.97. The Morgan fingerprint density at radius 1 is 1.38 bits per heavy atom. The van der Waals surface area contributed by atoms with E-state index in [9.17, 15) is 0 Å². The predicted octanol–water partition coefficient (Wildman–Crippen LogP) is 3.01. The minimum absolute atomic E-state index is 0.267. The largest absolute Gasteiger partial charge is 0.484 e. The third kappa shape index (κ3) is 3.24. The van der Waals surface area contributed by atoms with Gasteiger partial charge in [-0.1, -0.05) is 43.1 Å². The second-order valence-electron chi connectivity index (χ2n) is 5.97. The molecule has 1 aliphatic carbocycles. The lowest BCUT2D eigenvalue weighted by Crippen LogP contribution is -2.42. The number of benzene rings is 1. The minimum Gasteiger partial charge on any atom is -0.484 e. The lowest BCUT2D eigenvalue weighted by Gasteiger charge is -2.33. The van der Waals surface area contributed by atoms with Crippen molar-refractivity contribution in [3.63, 3.8) is 0 Å². The van der Waals surface area contributed by atoms with Gasteiger partial charge in [-0.3, -0.25) is 0 Å². The molecule has 1 heterocycles. The molecule has 1 saturated carbocycles. The van der Waals surface area contributed by atoms with Gasteiger partial charge in [0.05, 0.1) is 5.54 Å². The average molecular weight is 287 g/mol. The summed E-state index contributed by atoms with van der Waals surface area (Å²) in [6, 6.07) is 9.58. The summed E-state index contributed by atoms with van der Waals surface area (Å²) in [5.41, 5.74) is 6.01. The molecule has 1 aromatic heterocycles. The SMILES string of the molecule is CC1CCCC(N)(c2noc(COc3ccccc3)n2)C1. The van der Waals surface area contributed by atoms with Crippen LogP contribution in [0.3, 0.4) is 0 Å². The molecule has 112 valence electrons. The van der Waals surface area contributed by atoms with Crippen LogP contribution in [0.2, 0.25) is 0 Å². The number of rotatable bonds is 4. The number of para-hydroxylation sites is 1. The van der Waals surface area contributed by atoms with E-state index >= 15 is 0 Å². The number of hydrogen-bond acceptors (Lipinski definition) is 5. The van der Waals surface area contributed by atoms with Gasteiger partial charge in [-0.15, -0.1) is 0 Å². The van der Waals surface area contributed by atoms with Crippen LogP contribution in [0.1, 0.15) is 44.3 Å². The van der Waals surface area contributed by atoms with Crippen molar-refractivity contribution in [2.75, 3.05) is 0 Å². The van der Waals surface area contributed by atoms with Crippen molar-refractivity contribution in [3.8, 4) is 5.75 Å². The van der Waals surface area contributed by atoms with Crippen LogP contribution in [0.5, 0.6) is 5.75 Å². The molecule has 0 amide bonds. The molecule has 1 fully saturated rings. The molecular formula is C16H21N3O2.